The molecule has 0 radical (unpaired) electrons. The average Bonchev–Trinajstić information content (AvgIpc) is 3.08. The Hall–Kier alpha value is -5.88. The van der Waals surface area contributed by atoms with Crippen LogP contribution in [0.3, 0.4) is 0 Å². The predicted octanol–water partition coefficient (Wildman–Crippen LogP) is 9.42. The van der Waals surface area contributed by atoms with Gasteiger partial charge < -0.3 is 31.4 Å². The van der Waals surface area contributed by atoms with E-state index in [2.05, 4.69) is 61.6 Å². The van der Waals surface area contributed by atoms with Crippen molar-refractivity contribution in [3.8, 4) is 28.7 Å². The Kier molecular flexibility index (Phi) is 8.79. The van der Waals surface area contributed by atoms with Crippen molar-refractivity contribution < 1.29 is 14.2 Å². The molecule has 46 heavy (non-hydrogen) atoms. The molecule has 0 amide bonds. The Morgan fingerprint density at radius 2 is 0.913 bits per heavy atom. The van der Waals surface area contributed by atoms with Crippen LogP contribution in [-0.2, 0) is 5.41 Å². The monoisotopic (exact) mass is 607 g/mol. The van der Waals surface area contributed by atoms with E-state index in [1.165, 1.54) is 0 Å². The van der Waals surface area contributed by atoms with Crippen molar-refractivity contribution in [1.29, 1.82) is 0 Å². The first-order valence-corrected chi connectivity index (χ1v) is 15.2. The summed E-state index contributed by atoms with van der Waals surface area (Å²) in [4.78, 5) is 0. The van der Waals surface area contributed by atoms with E-state index in [0.717, 1.165) is 52.1 Å². The van der Waals surface area contributed by atoms with Gasteiger partial charge in [-0.05, 0) is 140 Å². The van der Waals surface area contributed by atoms with Crippen molar-refractivity contribution in [2.75, 3.05) is 17.2 Å². The highest BCUT2D eigenvalue weighted by molar-refractivity contribution is 5.52. The highest BCUT2D eigenvalue weighted by atomic mass is 16.5. The van der Waals surface area contributed by atoms with Gasteiger partial charge in [-0.15, -0.1) is 0 Å². The zero-order chi connectivity index (χ0) is 31.9. The van der Waals surface area contributed by atoms with Crippen LogP contribution in [0.1, 0.15) is 24.5 Å². The number of hydrogen-bond acceptors (Lipinski definition) is 6. The van der Waals surface area contributed by atoms with Gasteiger partial charge in [-0.2, -0.15) is 0 Å². The van der Waals surface area contributed by atoms with Crippen LogP contribution in [0.5, 0.6) is 28.7 Å². The lowest BCUT2D eigenvalue weighted by Crippen LogP contribution is -2.34. The van der Waals surface area contributed by atoms with E-state index in [9.17, 15) is 0 Å². The fourth-order valence-electron chi connectivity index (χ4n) is 5.80. The van der Waals surface area contributed by atoms with Crippen LogP contribution in [0.4, 0.5) is 17.1 Å². The molecular formula is C40H37N3O3. The maximum atomic E-state index is 6.15. The molecule has 1 unspecified atom stereocenters. The summed E-state index contributed by atoms with van der Waals surface area (Å²) in [5.74, 6) is 4.59. The van der Waals surface area contributed by atoms with Gasteiger partial charge in [-0.25, -0.2) is 0 Å². The molecule has 0 heterocycles. The number of nitrogen functional groups attached to an aromatic ring is 3. The van der Waals surface area contributed by atoms with E-state index in [0.29, 0.717) is 17.1 Å². The molecule has 0 saturated carbocycles. The Bertz CT molecular complexity index is 1750. The topological polar surface area (TPSA) is 106 Å². The van der Waals surface area contributed by atoms with Crippen molar-refractivity contribution in [1.82, 2.24) is 0 Å². The van der Waals surface area contributed by atoms with E-state index in [1.54, 1.807) is 0 Å². The molecule has 5 aromatic rings. The first kappa shape index (κ1) is 30.2. The zero-order valence-corrected chi connectivity index (χ0v) is 25.7. The lowest BCUT2D eigenvalue weighted by atomic mass is 9.63. The van der Waals surface area contributed by atoms with Gasteiger partial charge >= 0.3 is 0 Å². The van der Waals surface area contributed by atoms with Gasteiger partial charge in [0, 0.05) is 22.5 Å². The quantitative estimate of drug-likeness (QED) is 0.108. The summed E-state index contributed by atoms with van der Waals surface area (Å²) in [7, 11) is 0. The van der Waals surface area contributed by atoms with Crippen molar-refractivity contribution >= 4 is 17.1 Å². The summed E-state index contributed by atoms with van der Waals surface area (Å²) >= 11 is 0. The number of benzene rings is 5. The molecule has 6 N–H and O–H groups in total. The molecule has 6 rings (SSSR count). The van der Waals surface area contributed by atoms with Crippen LogP contribution >= 0.6 is 0 Å². The summed E-state index contributed by atoms with van der Waals surface area (Å²) in [5.41, 5.74) is 21.4. The maximum absolute atomic E-state index is 6.15. The molecular weight excluding hydrogens is 570 g/mol. The summed E-state index contributed by atoms with van der Waals surface area (Å²) in [6.07, 6.45) is 11.6. The minimum atomic E-state index is -0.492. The third-order valence-electron chi connectivity index (χ3n) is 8.09. The molecule has 1 atom stereocenters. The molecule has 0 saturated heterocycles. The summed E-state index contributed by atoms with van der Waals surface area (Å²) in [5, 5.41) is 0. The van der Waals surface area contributed by atoms with Crippen LogP contribution in [-0.4, -0.2) is 0 Å². The first-order chi connectivity index (χ1) is 22.4. The molecule has 0 spiro atoms. The molecule has 0 bridgehead atoms. The molecule has 5 aromatic carbocycles. The van der Waals surface area contributed by atoms with Crippen molar-refractivity contribution in [2.45, 2.75) is 18.8 Å². The average molecular weight is 608 g/mol. The lowest BCUT2D eigenvalue weighted by Gasteiger charge is -2.39. The van der Waals surface area contributed by atoms with E-state index in [1.807, 2.05) is 97.1 Å². The number of ether oxygens (including phenoxy) is 3. The maximum Gasteiger partial charge on any atom is 0.127 e. The molecule has 0 aromatic heterocycles. The Balaban J connectivity index is 1.33. The molecule has 1 aliphatic rings. The van der Waals surface area contributed by atoms with Gasteiger partial charge in [0.1, 0.15) is 34.5 Å². The molecule has 0 fully saturated rings. The highest BCUT2D eigenvalue weighted by Gasteiger charge is 2.39. The summed E-state index contributed by atoms with van der Waals surface area (Å²) in [6.45, 7) is 2.06. The van der Waals surface area contributed by atoms with Crippen molar-refractivity contribution in [3.63, 3.8) is 0 Å². The second-order valence-corrected chi connectivity index (χ2v) is 11.2. The third-order valence-corrected chi connectivity index (χ3v) is 8.09. The minimum absolute atomic E-state index is 0.0928. The number of allylic oxidation sites excluding steroid dienone is 5. The third kappa shape index (κ3) is 6.76. The summed E-state index contributed by atoms with van der Waals surface area (Å²) < 4.78 is 18.4. The number of anilines is 3. The van der Waals surface area contributed by atoms with E-state index in [-0.39, 0.29) is 5.92 Å². The van der Waals surface area contributed by atoms with Crippen LogP contribution in [0, 0.1) is 5.92 Å². The second kappa shape index (κ2) is 13.4. The van der Waals surface area contributed by atoms with Gasteiger partial charge in [-0.1, -0.05) is 42.5 Å². The molecule has 6 heteroatoms. The van der Waals surface area contributed by atoms with Crippen LogP contribution in [0.2, 0.25) is 0 Å². The van der Waals surface area contributed by atoms with E-state index in [4.69, 9.17) is 31.4 Å². The Morgan fingerprint density at radius 3 is 1.26 bits per heavy atom. The van der Waals surface area contributed by atoms with E-state index < -0.39 is 5.41 Å². The predicted molar refractivity (Wildman–Crippen MR) is 187 cm³/mol. The zero-order valence-electron chi connectivity index (χ0n) is 25.7. The van der Waals surface area contributed by atoms with Gasteiger partial charge in [0.2, 0.25) is 0 Å². The smallest absolute Gasteiger partial charge is 0.127 e. The number of nitrogens with two attached hydrogens (primary N) is 3. The van der Waals surface area contributed by atoms with Crippen LogP contribution < -0.4 is 31.4 Å². The molecule has 6 nitrogen and oxygen atoms in total. The fraction of sp³-hybridized carbons (Fsp3) is 0.100. The van der Waals surface area contributed by atoms with Crippen molar-refractivity contribution in [2.24, 2.45) is 5.92 Å². The molecule has 0 aliphatic heterocycles. The van der Waals surface area contributed by atoms with Gasteiger partial charge in [0.05, 0.1) is 0 Å². The van der Waals surface area contributed by atoms with Gasteiger partial charge in [-0.3, -0.25) is 0 Å². The molecule has 1 aliphatic carbocycles. The van der Waals surface area contributed by atoms with Crippen molar-refractivity contribution in [3.05, 3.63) is 169 Å². The first-order valence-electron chi connectivity index (χ1n) is 15.2. The Morgan fingerprint density at radius 1 is 0.543 bits per heavy atom. The number of hydrogen-bond donors (Lipinski definition) is 3. The largest absolute Gasteiger partial charge is 0.458 e. The fourth-order valence-corrected chi connectivity index (χ4v) is 5.80. The minimum Gasteiger partial charge on any atom is -0.458 e. The number of rotatable bonds is 10. The molecule has 230 valence electrons. The van der Waals surface area contributed by atoms with Gasteiger partial charge in [0.15, 0.2) is 0 Å². The summed E-state index contributed by atoms with van der Waals surface area (Å²) in [6, 6.07) is 38.8. The van der Waals surface area contributed by atoms with Gasteiger partial charge in [0.25, 0.3) is 0 Å². The highest BCUT2D eigenvalue weighted by Crippen LogP contribution is 2.46. The van der Waals surface area contributed by atoms with Crippen LogP contribution in [0.25, 0.3) is 0 Å². The lowest BCUT2D eigenvalue weighted by molar-refractivity contribution is 0.411. The van der Waals surface area contributed by atoms with Crippen LogP contribution in [0.15, 0.2) is 157 Å². The normalized spacial score (nSPS) is 14.5. The van der Waals surface area contributed by atoms with E-state index >= 15 is 0 Å². The second-order valence-electron chi connectivity index (χ2n) is 11.2. The Labute approximate surface area is 270 Å². The standard InChI is InChI=1S/C40H37N3O3/c1-2-27-40(28-3-15-34(16-4-28)44-37-21-9-31(41)10-22-37,29-5-17-35(18-6-29)45-38-23-11-32(42)12-24-38)30-7-19-36(20-8-30)46-39-25-13-33(43)14-26-39/h2-7,9-27,30H,8,41-43H2,1H3. The SMILES string of the molecule is CC=CC(c1ccc(Oc2ccc(N)cc2)cc1)(c1ccc(Oc2ccc(N)cc2)cc1)C1C=CC(Oc2ccc(N)cc2)=CC1.